The van der Waals surface area contributed by atoms with Crippen LogP contribution in [0.2, 0.25) is 36.3 Å². The third kappa shape index (κ3) is 8.48. The first-order valence-electron chi connectivity index (χ1n) is 14.4. The van der Waals surface area contributed by atoms with Crippen molar-refractivity contribution < 1.29 is 13.6 Å². The van der Waals surface area contributed by atoms with Gasteiger partial charge in [0.15, 0.2) is 16.6 Å². The van der Waals surface area contributed by atoms with Crippen LogP contribution in [0.1, 0.15) is 59.8 Å². The summed E-state index contributed by atoms with van der Waals surface area (Å²) in [5.41, 5.74) is -0.271. The third-order valence-electron chi connectivity index (χ3n) is 9.02. The first-order chi connectivity index (χ1) is 18.9. The molecule has 1 aromatic carbocycles. The van der Waals surface area contributed by atoms with Crippen LogP contribution in [-0.4, -0.2) is 49.4 Å². The number of ether oxygens (including phenoxy) is 1. The molecular formula is C30H49IN2O5SSi2. The molecule has 4 atom stereocenters. The number of alkyl halides is 1. The molecule has 2 heterocycles. The highest BCUT2D eigenvalue weighted by molar-refractivity contribution is 14.1. The predicted molar refractivity (Wildman–Crippen MR) is 183 cm³/mol. The zero-order valence-corrected chi connectivity index (χ0v) is 31.4. The van der Waals surface area contributed by atoms with E-state index in [2.05, 4.69) is 95.3 Å². The van der Waals surface area contributed by atoms with Gasteiger partial charge in [0.2, 0.25) is 0 Å². The van der Waals surface area contributed by atoms with Crippen molar-refractivity contribution in [3.63, 3.8) is 0 Å². The monoisotopic (exact) mass is 732 g/mol. The van der Waals surface area contributed by atoms with E-state index in [1.807, 2.05) is 30.3 Å². The Bertz CT molecular complexity index is 1270. The van der Waals surface area contributed by atoms with Crippen molar-refractivity contribution in [2.24, 2.45) is 5.92 Å². The Balaban J connectivity index is 2.00. The lowest BCUT2D eigenvalue weighted by Crippen LogP contribution is -2.50. The summed E-state index contributed by atoms with van der Waals surface area (Å²) in [6.07, 6.45) is 1.42. The summed E-state index contributed by atoms with van der Waals surface area (Å²) >= 11 is 3.96. The Morgan fingerprint density at radius 3 is 2.17 bits per heavy atom. The minimum absolute atomic E-state index is 0.0153. The van der Waals surface area contributed by atoms with Gasteiger partial charge in [-0.3, -0.25) is 14.3 Å². The van der Waals surface area contributed by atoms with Crippen LogP contribution in [0.25, 0.3) is 0 Å². The van der Waals surface area contributed by atoms with Crippen LogP contribution < -0.4 is 11.2 Å². The van der Waals surface area contributed by atoms with Gasteiger partial charge in [0.25, 0.3) is 5.56 Å². The molecule has 2 aromatic rings. The van der Waals surface area contributed by atoms with E-state index in [0.29, 0.717) is 17.9 Å². The number of rotatable bonds is 11. The number of thioether (sulfide) groups is 1. The van der Waals surface area contributed by atoms with Crippen molar-refractivity contribution in [1.82, 2.24) is 9.55 Å². The quantitative estimate of drug-likeness (QED) is 0.111. The molecule has 1 aliphatic heterocycles. The van der Waals surface area contributed by atoms with Crippen LogP contribution in [0.5, 0.6) is 0 Å². The van der Waals surface area contributed by atoms with Crippen LogP contribution in [0.3, 0.4) is 0 Å². The Morgan fingerprint density at radius 2 is 1.61 bits per heavy atom. The zero-order valence-electron chi connectivity index (χ0n) is 26.4. The van der Waals surface area contributed by atoms with E-state index in [4.69, 9.17) is 13.6 Å². The van der Waals surface area contributed by atoms with Gasteiger partial charge >= 0.3 is 5.69 Å². The van der Waals surface area contributed by atoms with Crippen molar-refractivity contribution in [3.05, 3.63) is 62.9 Å². The summed E-state index contributed by atoms with van der Waals surface area (Å²) in [6.45, 7) is 22.8. The summed E-state index contributed by atoms with van der Waals surface area (Å²) in [4.78, 5) is 29.7. The molecule has 0 aliphatic carbocycles. The number of H-pyrrole nitrogens is 1. The van der Waals surface area contributed by atoms with Gasteiger partial charge in [0.05, 0.1) is 12.7 Å². The van der Waals surface area contributed by atoms with Gasteiger partial charge in [-0.05, 0) is 54.8 Å². The largest absolute Gasteiger partial charge is 0.414 e. The summed E-state index contributed by atoms with van der Waals surface area (Å²) in [5, 5.41) is 0.0744. The molecule has 7 nitrogen and oxygen atoms in total. The Morgan fingerprint density at radius 1 is 1.00 bits per heavy atom. The highest BCUT2D eigenvalue weighted by atomic mass is 127. The second-order valence-corrected chi connectivity index (χ2v) is 25.7. The number of benzene rings is 1. The van der Waals surface area contributed by atoms with Crippen LogP contribution >= 0.6 is 34.4 Å². The van der Waals surface area contributed by atoms with Crippen LogP contribution in [-0.2, 0) is 19.3 Å². The summed E-state index contributed by atoms with van der Waals surface area (Å²) in [7, 11) is -4.24. The molecule has 1 saturated heterocycles. The first-order valence-corrected chi connectivity index (χ1v) is 22.8. The molecule has 1 aromatic heterocycles. The number of aromatic amines is 1. The van der Waals surface area contributed by atoms with E-state index in [0.717, 1.165) is 15.7 Å². The van der Waals surface area contributed by atoms with Crippen molar-refractivity contribution in [2.45, 2.75) is 113 Å². The highest BCUT2D eigenvalue weighted by Gasteiger charge is 2.51. The van der Waals surface area contributed by atoms with Gasteiger partial charge in [0.1, 0.15) is 12.3 Å². The molecule has 3 rings (SSSR count). The number of hydrogen-bond acceptors (Lipinski definition) is 6. The van der Waals surface area contributed by atoms with Gasteiger partial charge in [-0.25, -0.2) is 4.79 Å². The summed E-state index contributed by atoms with van der Waals surface area (Å²) < 4.78 is 23.0. The Labute approximate surface area is 265 Å². The second kappa shape index (κ2) is 13.5. The lowest BCUT2D eigenvalue weighted by molar-refractivity contribution is -0.0442. The first kappa shape index (κ1) is 34.8. The fraction of sp³-hybridized carbons (Fsp3) is 0.667. The zero-order chi connectivity index (χ0) is 30.8. The number of hydrogen-bond donors (Lipinski definition) is 1. The standard InChI is InChI=1S/C30H49IN2O5SSi2/c1-29(2,3)40(7,8)36-19-24-25(38-41(9,10)30(4,5)6)23(16-17-31)27(37-24)33-18-21(26(34)32-28(33)35)20-39-22-14-12-11-13-15-22/h11-15,18,23-25,27H,16-17,19-20H2,1-10H3,(H,32,34,35)/t23-,24+,25-,27+/m0/s1. The van der Waals surface area contributed by atoms with Crippen LogP contribution in [0, 0.1) is 5.92 Å². The van der Waals surface area contributed by atoms with Gasteiger partial charge < -0.3 is 13.6 Å². The average Bonchev–Trinajstić information content (AvgIpc) is 3.18. The molecule has 1 N–H and O–H groups in total. The number of nitrogens with one attached hydrogen (secondary N) is 1. The lowest BCUT2D eigenvalue weighted by Gasteiger charge is -2.41. The van der Waals surface area contributed by atoms with Crippen LogP contribution in [0.4, 0.5) is 0 Å². The predicted octanol–water partition coefficient (Wildman–Crippen LogP) is 7.58. The SMILES string of the molecule is CC(C)(C)[Si](C)(C)OC[C@H]1O[C@@H](n2cc(CSc3ccccc3)c(=O)[nH]c2=O)[C@@H](CCI)[C@@H]1O[Si](C)(C)C(C)(C)C. The van der Waals surface area contributed by atoms with E-state index in [1.165, 1.54) is 0 Å². The average molecular weight is 733 g/mol. The Kier molecular flexibility index (Phi) is 11.5. The molecule has 0 bridgehead atoms. The molecule has 0 amide bonds. The van der Waals surface area contributed by atoms with E-state index in [1.54, 1.807) is 22.5 Å². The minimum Gasteiger partial charge on any atom is -0.414 e. The van der Waals surface area contributed by atoms with Gasteiger partial charge in [-0.15, -0.1) is 11.8 Å². The van der Waals surface area contributed by atoms with E-state index in [-0.39, 0.29) is 33.8 Å². The van der Waals surface area contributed by atoms with Crippen molar-refractivity contribution in [3.8, 4) is 0 Å². The van der Waals surface area contributed by atoms with E-state index < -0.39 is 28.6 Å². The highest BCUT2D eigenvalue weighted by Crippen LogP contribution is 2.45. The molecule has 41 heavy (non-hydrogen) atoms. The van der Waals surface area contributed by atoms with Crippen molar-refractivity contribution >= 4 is 51.0 Å². The molecule has 0 unspecified atom stereocenters. The topological polar surface area (TPSA) is 82.5 Å². The number of aromatic nitrogens is 2. The van der Waals surface area contributed by atoms with Crippen molar-refractivity contribution in [2.75, 3.05) is 11.0 Å². The summed E-state index contributed by atoms with van der Waals surface area (Å²) in [5.74, 6) is 0.387. The fourth-order valence-corrected chi connectivity index (χ4v) is 8.29. The molecule has 0 radical (unpaired) electrons. The van der Waals surface area contributed by atoms with Gasteiger partial charge in [-0.2, -0.15) is 0 Å². The van der Waals surface area contributed by atoms with E-state index >= 15 is 0 Å². The molecule has 1 aliphatic rings. The molecule has 0 saturated carbocycles. The van der Waals surface area contributed by atoms with Crippen molar-refractivity contribution in [1.29, 1.82) is 0 Å². The Hall–Kier alpha value is -0.706. The van der Waals surface area contributed by atoms with Crippen LogP contribution in [0.15, 0.2) is 51.0 Å². The van der Waals surface area contributed by atoms with Gasteiger partial charge in [-0.1, -0.05) is 82.3 Å². The normalized spacial score (nSPS) is 22.3. The molecule has 0 spiro atoms. The summed E-state index contributed by atoms with van der Waals surface area (Å²) in [6, 6.07) is 9.95. The maximum Gasteiger partial charge on any atom is 0.330 e. The molecular weight excluding hydrogens is 683 g/mol. The van der Waals surface area contributed by atoms with Gasteiger partial charge in [0, 0.05) is 32.8 Å². The second-order valence-electron chi connectivity index (χ2n) is 14.0. The minimum atomic E-state index is -2.18. The lowest BCUT2D eigenvalue weighted by atomic mass is 9.97. The molecule has 230 valence electrons. The number of halogens is 1. The molecule has 11 heteroatoms. The van der Waals surface area contributed by atoms with E-state index in [9.17, 15) is 9.59 Å². The third-order valence-corrected chi connectivity index (χ3v) is 19.7. The maximum atomic E-state index is 13.3. The molecule has 1 fully saturated rings. The maximum absolute atomic E-state index is 13.3. The number of nitrogens with zero attached hydrogens (tertiary/aromatic N) is 1. The smallest absolute Gasteiger partial charge is 0.330 e. The fourth-order valence-electron chi connectivity index (χ4n) is 4.32.